The number of piperidine rings is 1. The summed E-state index contributed by atoms with van der Waals surface area (Å²) in [5.74, 6) is 1.41. The maximum atomic E-state index is 13.3. The average molecular weight is 457 g/mol. The molecule has 0 saturated carbocycles. The standard InChI is InChI=1S/C28H28N2O4/c1-18-13-24(31)22(17-30-12-4-3-10-23(30)20-8-6-11-29-16-20)28-26(18)27(32)25(34-28)15-19-7-5-9-21(14-19)33-2/h5-9,11,13-16,23,31H,3-4,10,12,17H2,1-2H3/b25-15-/t23-/m0/s1. The lowest BCUT2D eigenvalue weighted by molar-refractivity contribution is 0.101. The number of rotatable bonds is 5. The van der Waals surface area contributed by atoms with Crippen molar-refractivity contribution < 1.29 is 19.4 Å². The molecule has 0 spiro atoms. The van der Waals surface area contributed by atoms with Gasteiger partial charge in [-0.15, -0.1) is 0 Å². The lowest BCUT2D eigenvalue weighted by atomic mass is 9.94. The predicted molar refractivity (Wildman–Crippen MR) is 130 cm³/mol. The number of methoxy groups -OCH3 is 1. The number of phenols is 1. The van der Waals surface area contributed by atoms with E-state index in [0.29, 0.717) is 34.7 Å². The summed E-state index contributed by atoms with van der Waals surface area (Å²) in [6.07, 6.45) is 8.69. The van der Waals surface area contributed by atoms with Crippen LogP contribution in [0.25, 0.3) is 6.08 Å². The second-order valence-electron chi connectivity index (χ2n) is 8.88. The van der Waals surface area contributed by atoms with E-state index in [1.54, 1.807) is 25.4 Å². The number of benzene rings is 2. The number of hydrogen-bond donors (Lipinski definition) is 1. The molecule has 3 aromatic rings. The van der Waals surface area contributed by atoms with Crippen LogP contribution in [0.3, 0.4) is 0 Å². The quantitative estimate of drug-likeness (QED) is 0.515. The number of nitrogens with zero attached hydrogens (tertiary/aromatic N) is 2. The molecular weight excluding hydrogens is 428 g/mol. The number of ketones is 1. The van der Waals surface area contributed by atoms with E-state index in [9.17, 15) is 9.90 Å². The number of carbonyl (C=O) groups excluding carboxylic acids is 1. The van der Waals surface area contributed by atoms with Gasteiger partial charge >= 0.3 is 0 Å². The number of likely N-dealkylation sites (tertiary alicyclic amines) is 1. The van der Waals surface area contributed by atoms with Gasteiger partial charge in [0, 0.05) is 25.0 Å². The smallest absolute Gasteiger partial charge is 0.232 e. The van der Waals surface area contributed by atoms with Gasteiger partial charge < -0.3 is 14.6 Å². The molecule has 6 nitrogen and oxygen atoms in total. The lowest BCUT2D eigenvalue weighted by Crippen LogP contribution is -2.33. The Hall–Kier alpha value is -3.64. The van der Waals surface area contributed by atoms with Crippen molar-refractivity contribution in [2.24, 2.45) is 0 Å². The molecule has 2 aliphatic rings. The predicted octanol–water partition coefficient (Wildman–Crippen LogP) is 5.45. The van der Waals surface area contributed by atoms with Gasteiger partial charge in [0.15, 0.2) is 5.76 Å². The molecular formula is C28H28N2O4. The van der Waals surface area contributed by atoms with Crippen molar-refractivity contribution in [1.82, 2.24) is 9.88 Å². The van der Waals surface area contributed by atoms with Crippen molar-refractivity contribution in [3.05, 3.63) is 88.4 Å². The normalized spacial score (nSPS) is 19.2. The van der Waals surface area contributed by atoms with Crippen LogP contribution in [0, 0.1) is 6.92 Å². The van der Waals surface area contributed by atoms with E-state index >= 15 is 0 Å². The highest BCUT2D eigenvalue weighted by Gasteiger charge is 2.35. The van der Waals surface area contributed by atoms with Gasteiger partial charge in [0.1, 0.15) is 17.2 Å². The van der Waals surface area contributed by atoms with Crippen molar-refractivity contribution in [2.45, 2.75) is 38.8 Å². The Kier molecular flexibility index (Phi) is 6.07. The monoisotopic (exact) mass is 456 g/mol. The van der Waals surface area contributed by atoms with Gasteiger partial charge in [-0.2, -0.15) is 0 Å². The summed E-state index contributed by atoms with van der Waals surface area (Å²) in [5, 5.41) is 10.9. The molecule has 1 N–H and O–H groups in total. The molecule has 1 aromatic heterocycles. The van der Waals surface area contributed by atoms with Gasteiger partial charge in [0.05, 0.1) is 18.2 Å². The second-order valence-corrected chi connectivity index (χ2v) is 8.88. The van der Waals surface area contributed by atoms with Crippen LogP contribution in [0.2, 0.25) is 0 Å². The molecule has 6 heteroatoms. The number of ether oxygens (including phenoxy) is 2. The average Bonchev–Trinajstić information content (AvgIpc) is 3.18. The molecule has 1 saturated heterocycles. The highest BCUT2D eigenvalue weighted by molar-refractivity contribution is 6.15. The zero-order valence-electron chi connectivity index (χ0n) is 19.5. The first-order valence-electron chi connectivity index (χ1n) is 11.6. The molecule has 0 radical (unpaired) electrons. The maximum absolute atomic E-state index is 13.3. The Balaban J connectivity index is 1.49. The molecule has 1 atom stereocenters. The van der Waals surface area contributed by atoms with Gasteiger partial charge in [-0.25, -0.2) is 0 Å². The topological polar surface area (TPSA) is 71.9 Å². The zero-order chi connectivity index (χ0) is 23.7. The molecule has 2 aromatic carbocycles. The molecule has 0 amide bonds. The fraction of sp³-hybridized carbons (Fsp3) is 0.286. The van der Waals surface area contributed by atoms with E-state index in [1.165, 1.54) is 5.56 Å². The van der Waals surface area contributed by atoms with Gasteiger partial charge in [-0.1, -0.05) is 24.6 Å². The molecule has 0 unspecified atom stereocenters. The van der Waals surface area contributed by atoms with Crippen LogP contribution >= 0.6 is 0 Å². The minimum atomic E-state index is -0.168. The highest BCUT2D eigenvalue weighted by Crippen LogP contribution is 2.44. The third-order valence-electron chi connectivity index (χ3n) is 6.66. The number of hydrogen-bond acceptors (Lipinski definition) is 6. The van der Waals surface area contributed by atoms with Crippen molar-refractivity contribution in [3.8, 4) is 17.2 Å². The summed E-state index contributed by atoms with van der Waals surface area (Å²) < 4.78 is 11.4. The first-order valence-corrected chi connectivity index (χ1v) is 11.6. The van der Waals surface area contributed by atoms with Crippen molar-refractivity contribution in [1.29, 1.82) is 0 Å². The zero-order valence-corrected chi connectivity index (χ0v) is 19.5. The summed E-state index contributed by atoms with van der Waals surface area (Å²) in [6, 6.07) is 13.4. The number of pyridine rings is 1. The van der Waals surface area contributed by atoms with Gasteiger partial charge in [-0.3, -0.25) is 14.7 Å². The minimum absolute atomic E-state index is 0.155. The third kappa shape index (κ3) is 4.17. The lowest BCUT2D eigenvalue weighted by Gasteiger charge is -2.36. The fourth-order valence-electron chi connectivity index (χ4n) is 4.95. The third-order valence-corrected chi connectivity index (χ3v) is 6.66. The van der Waals surface area contributed by atoms with E-state index in [2.05, 4.69) is 16.0 Å². The number of phenolic OH excluding ortho intramolecular Hbond substituents is 1. The molecule has 34 heavy (non-hydrogen) atoms. The number of Topliss-reactive ketones (excluding diaryl/α,β-unsaturated/α-hetero) is 1. The number of aromatic hydroxyl groups is 1. The number of aromatic nitrogens is 1. The van der Waals surface area contributed by atoms with Crippen LogP contribution < -0.4 is 9.47 Å². The first-order chi connectivity index (χ1) is 16.5. The molecule has 5 rings (SSSR count). The Morgan fingerprint density at radius 2 is 2.12 bits per heavy atom. The van der Waals surface area contributed by atoms with Gasteiger partial charge in [0.2, 0.25) is 5.78 Å². The largest absolute Gasteiger partial charge is 0.507 e. The summed E-state index contributed by atoms with van der Waals surface area (Å²) in [4.78, 5) is 19.9. The van der Waals surface area contributed by atoms with E-state index in [1.807, 2.05) is 43.5 Å². The second kappa shape index (κ2) is 9.31. The molecule has 0 bridgehead atoms. The van der Waals surface area contributed by atoms with Crippen LogP contribution in [0.1, 0.15) is 57.9 Å². The molecule has 174 valence electrons. The minimum Gasteiger partial charge on any atom is -0.507 e. The van der Waals surface area contributed by atoms with Crippen LogP contribution in [-0.4, -0.2) is 34.4 Å². The number of fused-ring (bicyclic) bond motifs is 1. The molecule has 2 aliphatic heterocycles. The number of allylic oxidation sites excluding steroid dienone is 1. The van der Waals surface area contributed by atoms with Crippen molar-refractivity contribution in [3.63, 3.8) is 0 Å². The van der Waals surface area contributed by atoms with Crippen molar-refractivity contribution in [2.75, 3.05) is 13.7 Å². The summed E-state index contributed by atoms with van der Waals surface area (Å²) in [6.45, 7) is 3.23. The number of aryl methyl sites for hydroxylation is 1. The summed E-state index contributed by atoms with van der Waals surface area (Å²) in [5.41, 5.74) is 3.86. The van der Waals surface area contributed by atoms with Crippen LogP contribution in [-0.2, 0) is 6.54 Å². The van der Waals surface area contributed by atoms with Gasteiger partial charge in [0.25, 0.3) is 0 Å². The summed E-state index contributed by atoms with van der Waals surface area (Å²) in [7, 11) is 1.61. The van der Waals surface area contributed by atoms with Crippen molar-refractivity contribution >= 4 is 11.9 Å². The molecule has 1 fully saturated rings. The van der Waals surface area contributed by atoms with E-state index in [-0.39, 0.29) is 23.3 Å². The Labute approximate surface area is 199 Å². The Morgan fingerprint density at radius 3 is 2.91 bits per heavy atom. The Bertz CT molecular complexity index is 1250. The molecule has 0 aliphatic carbocycles. The highest BCUT2D eigenvalue weighted by atomic mass is 16.5. The van der Waals surface area contributed by atoms with E-state index < -0.39 is 0 Å². The van der Waals surface area contributed by atoms with Crippen LogP contribution in [0.15, 0.2) is 60.6 Å². The molecule has 3 heterocycles. The maximum Gasteiger partial charge on any atom is 0.232 e. The van der Waals surface area contributed by atoms with Crippen LogP contribution in [0.4, 0.5) is 0 Å². The summed E-state index contributed by atoms with van der Waals surface area (Å²) >= 11 is 0. The Morgan fingerprint density at radius 1 is 1.24 bits per heavy atom. The van der Waals surface area contributed by atoms with E-state index in [4.69, 9.17) is 9.47 Å². The number of carbonyl (C=O) groups is 1. The van der Waals surface area contributed by atoms with E-state index in [0.717, 1.165) is 31.4 Å². The van der Waals surface area contributed by atoms with Crippen LogP contribution in [0.5, 0.6) is 17.2 Å². The SMILES string of the molecule is COc1cccc(/C=C2\Oc3c(CN4CCCC[C@H]4c4cccnc4)c(O)cc(C)c3C2=O)c1. The first kappa shape index (κ1) is 22.2. The fourth-order valence-corrected chi connectivity index (χ4v) is 4.95. The van der Waals surface area contributed by atoms with Gasteiger partial charge in [-0.05, 0) is 73.3 Å².